The third-order valence-electron chi connectivity index (χ3n) is 4.13. The van der Waals surface area contributed by atoms with Gasteiger partial charge in [-0.1, -0.05) is 50.8 Å². The molecule has 0 unspecified atom stereocenters. The van der Waals surface area contributed by atoms with Gasteiger partial charge < -0.3 is 5.32 Å². The predicted molar refractivity (Wildman–Crippen MR) is 79.5 cm³/mol. The Kier molecular flexibility index (Phi) is 4.23. The van der Waals surface area contributed by atoms with Gasteiger partial charge >= 0.3 is 0 Å². The molecule has 2 rings (SSSR count). The minimum Gasteiger partial charge on any atom is -0.310 e. The van der Waals surface area contributed by atoms with E-state index in [0.717, 1.165) is 6.54 Å². The SMILES string of the molecule is C=C(CNC1CCC(C)(C)CC1)c1ccccc1. The highest BCUT2D eigenvalue weighted by Crippen LogP contribution is 2.35. The average molecular weight is 243 g/mol. The van der Waals surface area contributed by atoms with Crippen LogP contribution < -0.4 is 5.32 Å². The van der Waals surface area contributed by atoms with E-state index in [9.17, 15) is 0 Å². The first kappa shape index (κ1) is 13.4. The Balaban J connectivity index is 1.78. The van der Waals surface area contributed by atoms with Crippen LogP contribution in [0.4, 0.5) is 0 Å². The fourth-order valence-corrected chi connectivity index (χ4v) is 2.65. The molecule has 1 aliphatic rings. The Labute approximate surface area is 111 Å². The monoisotopic (exact) mass is 243 g/mol. The van der Waals surface area contributed by atoms with E-state index >= 15 is 0 Å². The highest BCUT2D eigenvalue weighted by Gasteiger charge is 2.26. The van der Waals surface area contributed by atoms with Crippen molar-refractivity contribution in [3.8, 4) is 0 Å². The molecule has 18 heavy (non-hydrogen) atoms. The third kappa shape index (κ3) is 3.71. The van der Waals surface area contributed by atoms with Gasteiger partial charge in [0.05, 0.1) is 0 Å². The second kappa shape index (κ2) is 5.71. The van der Waals surface area contributed by atoms with E-state index in [4.69, 9.17) is 0 Å². The average Bonchev–Trinajstić information content (AvgIpc) is 2.38. The molecule has 1 nitrogen and oxygen atoms in total. The minimum atomic E-state index is 0.550. The first-order valence-electron chi connectivity index (χ1n) is 7.03. The molecule has 1 saturated carbocycles. The van der Waals surface area contributed by atoms with Crippen LogP contribution in [0.1, 0.15) is 45.1 Å². The summed E-state index contributed by atoms with van der Waals surface area (Å²) in [7, 11) is 0. The molecule has 1 fully saturated rings. The summed E-state index contributed by atoms with van der Waals surface area (Å²) in [4.78, 5) is 0. The van der Waals surface area contributed by atoms with Crippen molar-refractivity contribution in [3.63, 3.8) is 0 Å². The van der Waals surface area contributed by atoms with Gasteiger partial charge in [0.1, 0.15) is 0 Å². The lowest BCUT2D eigenvalue weighted by atomic mass is 9.75. The van der Waals surface area contributed by atoms with Crippen molar-refractivity contribution in [1.29, 1.82) is 0 Å². The summed E-state index contributed by atoms with van der Waals surface area (Å²) < 4.78 is 0. The summed E-state index contributed by atoms with van der Waals surface area (Å²) in [5.74, 6) is 0. The van der Waals surface area contributed by atoms with Gasteiger partial charge in [-0.25, -0.2) is 0 Å². The number of nitrogens with one attached hydrogen (secondary N) is 1. The van der Waals surface area contributed by atoms with Gasteiger partial charge in [-0.3, -0.25) is 0 Å². The molecule has 1 aromatic carbocycles. The van der Waals surface area contributed by atoms with Crippen molar-refractivity contribution in [3.05, 3.63) is 42.5 Å². The van der Waals surface area contributed by atoms with Crippen LogP contribution in [0.2, 0.25) is 0 Å². The molecule has 0 heterocycles. The van der Waals surface area contributed by atoms with Gasteiger partial charge in [0.25, 0.3) is 0 Å². The van der Waals surface area contributed by atoms with Crippen molar-refractivity contribution in [2.45, 2.75) is 45.6 Å². The molecular formula is C17H25N. The minimum absolute atomic E-state index is 0.550. The van der Waals surface area contributed by atoms with E-state index in [2.05, 4.69) is 50.0 Å². The summed E-state index contributed by atoms with van der Waals surface area (Å²) in [5.41, 5.74) is 3.00. The molecule has 0 bridgehead atoms. The van der Waals surface area contributed by atoms with Crippen molar-refractivity contribution < 1.29 is 0 Å². The van der Waals surface area contributed by atoms with Crippen molar-refractivity contribution in [1.82, 2.24) is 5.32 Å². The maximum atomic E-state index is 4.18. The zero-order valence-corrected chi connectivity index (χ0v) is 11.7. The molecule has 1 heteroatoms. The maximum Gasteiger partial charge on any atom is 0.0208 e. The quantitative estimate of drug-likeness (QED) is 0.833. The lowest BCUT2D eigenvalue weighted by molar-refractivity contribution is 0.209. The van der Waals surface area contributed by atoms with Crippen LogP contribution in [0.15, 0.2) is 36.9 Å². The summed E-state index contributed by atoms with van der Waals surface area (Å²) >= 11 is 0. The standard InChI is InChI=1S/C17H25N/c1-14(15-7-5-4-6-8-15)13-18-16-9-11-17(2,3)12-10-16/h4-8,16,18H,1,9-13H2,2-3H3. The van der Waals surface area contributed by atoms with Crippen LogP contribution in [-0.2, 0) is 0 Å². The van der Waals surface area contributed by atoms with Gasteiger partial charge in [-0.05, 0) is 42.2 Å². The molecule has 1 aliphatic carbocycles. The van der Waals surface area contributed by atoms with E-state index in [1.165, 1.54) is 36.8 Å². The van der Waals surface area contributed by atoms with Gasteiger partial charge in [0.15, 0.2) is 0 Å². The zero-order valence-electron chi connectivity index (χ0n) is 11.7. The fourth-order valence-electron chi connectivity index (χ4n) is 2.65. The highest BCUT2D eigenvalue weighted by molar-refractivity contribution is 5.64. The van der Waals surface area contributed by atoms with E-state index in [-0.39, 0.29) is 0 Å². The number of hydrogen-bond donors (Lipinski definition) is 1. The van der Waals surface area contributed by atoms with E-state index in [0.29, 0.717) is 11.5 Å². The topological polar surface area (TPSA) is 12.0 Å². The van der Waals surface area contributed by atoms with E-state index in [1.54, 1.807) is 0 Å². The Morgan fingerprint density at radius 2 is 1.83 bits per heavy atom. The molecule has 0 atom stereocenters. The number of benzene rings is 1. The smallest absolute Gasteiger partial charge is 0.0208 e. The molecule has 0 saturated heterocycles. The summed E-state index contributed by atoms with van der Waals surface area (Å²) in [6.45, 7) is 9.85. The molecule has 0 radical (unpaired) electrons. The normalized spacial score (nSPS) is 19.7. The van der Waals surface area contributed by atoms with E-state index in [1.807, 2.05) is 6.07 Å². The Bertz CT molecular complexity index is 381. The summed E-state index contributed by atoms with van der Waals surface area (Å²) in [6, 6.07) is 11.1. The van der Waals surface area contributed by atoms with Crippen LogP contribution >= 0.6 is 0 Å². The van der Waals surface area contributed by atoms with Crippen LogP contribution in [0, 0.1) is 5.41 Å². The Hall–Kier alpha value is -1.08. The lowest BCUT2D eigenvalue weighted by Gasteiger charge is -2.34. The molecular weight excluding hydrogens is 218 g/mol. The predicted octanol–water partition coefficient (Wildman–Crippen LogP) is 4.26. The van der Waals surface area contributed by atoms with Crippen LogP contribution in [0.3, 0.4) is 0 Å². The molecule has 98 valence electrons. The number of hydrogen-bond acceptors (Lipinski definition) is 1. The fraction of sp³-hybridized carbons (Fsp3) is 0.529. The first-order valence-corrected chi connectivity index (χ1v) is 7.03. The lowest BCUT2D eigenvalue weighted by Crippen LogP contribution is -2.36. The van der Waals surface area contributed by atoms with Gasteiger partial charge in [-0.15, -0.1) is 0 Å². The molecule has 0 aliphatic heterocycles. The Morgan fingerprint density at radius 3 is 2.44 bits per heavy atom. The van der Waals surface area contributed by atoms with Crippen LogP contribution in [0.5, 0.6) is 0 Å². The molecule has 1 aromatic rings. The second-order valence-corrected chi connectivity index (χ2v) is 6.29. The van der Waals surface area contributed by atoms with Gasteiger partial charge in [0, 0.05) is 12.6 Å². The second-order valence-electron chi connectivity index (χ2n) is 6.29. The first-order chi connectivity index (χ1) is 8.57. The largest absolute Gasteiger partial charge is 0.310 e. The Morgan fingerprint density at radius 1 is 1.22 bits per heavy atom. The summed E-state index contributed by atoms with van der Waals surface area (Å²) in [6.07, 6.45) is 5.27. The van der Waals surface area contributed by atoms with Gasteiger partial charge in [0.2, 0.25) is 0 Å². The van der Waals surface area contributed by atoms with E-state index < -0.39 is 0 Å². The van der Waals surface area contributed by atoms with Crippen LogP contribution in [0.25, 0.3) is 5.57 Å². The maximum absolute atomic E-state index is 4.18. The molecule has 1 N–H and O–H groups in total. The molecule has 0 aromatic heterocycles. The molecule has 0 amide bonds. The summed E-state index contributed by atoms with van der Waals surface area (Å²) in [5, 5.41) is 3.66. The zero-order chi connectivity index (χ0) is 13.0. The third-order valence-corrected chi connectivity index (χ3v) is 4.13. The van der Waals surface area contributed by atoms with Crippen LogP contribution in [-0.4, -0.2) is 12.6 Å². The highest BCUT2D eigenvalue weighted by atomic mass is 14.9. The van der Waals surface area contributed by atoms with Crippen molar-refractivity contribution >= 4 is 5.57 Å². The van der Waals surface area contributed by atoms with Gasteiger partial charge in [-0.2, -0.15) is 0 Å². The molecule has 0 spiro atoms. The van der Waals surface area contributed by atoms with Crippen molar-refractivity contribution in [2.24, 2.45) is 5.41 Å². The number of rotatable bonds is 4. The van der Waals surface area contributed by atoms with Crippen molar-refractivity contribution in [2.75, 3.05) is 6.54 Å².